The molecule has 0 spiro atoms. The van der Waals surface area contributed by atoms with Gasteiger partial charge in [-0.05, 0) is 35.7 Å². The van der Waals surface area contributed by atoms with Crippen LogP contribution in [0.1, 0.15) is 33.7 Å². The van der Waals surface area contributed by atoms with Crippen molar-refractivity contribution in [1.82, 2.24) is 10.3 Å². The lowest BCUT2D eigenvalue weighted by atomic mass is 10.3. The van der Waals surface area contributed by atoms with Crippen LogP contribution >= 0.6 is 34.0 Å². The van der Waals surface area contributed by atoms with Gasteiger partial charge in [0.25, 0.3) is 11.8 Å². The van der Waals surface area contributed by atoms with Crippen LogP contribution in [0, 0.1) is 0 Å². The molecule has 1 aliphatic rings. The van der Waals surface area contributed by atoms with Crippen molar-refractivity contribution >= 4 is 50.8 Å². The van der Waals surface area contributed by atoms with Gasteiger partial charge in [0.15, 0.2) is 0 Å². The fourth-order valence-electron chi connectivity index (χ4n) is 2.13. The van der Waals surface area contributed by atoms with E-state index < -0.39 is 0 Å². The first-order valence-corrected chi connectivity index (χ1v) is 10.0. The highest BCUT2D eigenvalue weighted by Gasteiger charge is 2.25. The lowest BCUT2D eigenvalue weighted by Crippen LogP contribution is -2.26. The highest BCUT2D eigenvalue weighted by molar-refractivity contribution is 7.20. The third-order valence-corrected chi connectivity index (χ3v) is 6.23. The molecule has 0 aliphatic heterocycles. The molecule has 5 nitrogen and oxygen atoms in total. The Bertz CT molecular complexity index is 878. The summed E-state index contributed by atoms with van der Waals surface area (Å²) in [6.45, 7) is 0. The van der Waals surface area contributed by atoms with Crippen LogP contribution in [0.4, 0.5) is 5.00 Å². The van der Waals surface area contributed by atoms with Gasteiger partial charge >= 0.3 is 0 Å². The average Bonchev–Trinajstić information content (AvgIpc) is 3.07. The maximum Gasteiger partial charge on any atom is 0.275 e. The minimum Gasteiger partial charge on any atom is -0.349 e. The van der Waals surface area contributed by atoms with E-state index in [4.69, 9.17) is 0 Å². The maximum atomic E-state index is 12.4. The van der Waals surface area contributed by atoms with Gasteiger partial charge in [0, 0.05) is 11.4 Å². The number of carbonyl (C=O) groups excluding carboxylic acids is 2. The van der Waals surface area contributed by atoms with Gasteiger partial charge in [-0.25, -0.2) is 4.98 Å². The molecule has 8 heteroatoms. The van der Waals surface area contributed by atoms with Crippen molar-refractivity contribution in [2.24, 2.45) is 0 Å². The number of anilines is 1. The Kier molecular flexibility index (Phi) is 4.17. The number of carbonyl (C=O) groups is 2. The zero-order valence-corrected chi connectivity index (χ0v) is 14.9. The minimum atomic E-state index is -0.294. The third kappa shape index (κ3) is 3.26. The van der Waals surface area contributed by atoms with E-state index in [1.807, 2.05) is 17.5 Å². The summed E-state index contributed by atoms with van der Waals surface area (Å²) in [6, 6.07) is 5.95. The number of hydrogen-bond donors (Lipinski definition) is 2. The number of amides is 2. The summed E-state index contributed by atoms with van der Waals surface area (Å²) >= 11 is 4.37. The molecule has 0 aromatic carbocycles. The van der Waals surface area contributed by atoms with Gasteiger partial charge < -0.3 is 10.6 Å². The van der Waals surface area contributed by atoms with Crippen LogP contribution in [0.2, 0.25) is 0 Å². The molecule has 2 N–H and O–H groups in total. The molecule has 3 aromatic rings. The molecule has 1 aliphatic carbocycles. The van der Waals surface area contributed by atoms with Crippen LogP contribution in [0.25, 0.3) is 9.88 Å². The van der Waals surface area contributed by atoms with Crippen LogP contribution in [0.15, 0.2) is 34.3 Å². The van der Waals surface area contributed by atoms with Crippen LogP contribution in [0.5, 0.6) is 0 Å². The summed E-state index contributed by atoms with van der Waals surface area (Å²) in [6.07, 6.45) is 2.06. The first-order valence-electron chi connectivity index (χ1n) is 7.40. The first kappa shape index (κ1) is 15.5. The molecule has 2 amide bonds. The smallest absolute Gasteiger partial charge is 0.275 e. The molecule has 3 heterocycles. The summed E-state index contributed by atoms with van der Waals surface area (Å²) in [4.78, 5) is 30.0. The second-order valence-electron chi connectivity index (χ2n) is 5.38. The Morgan fingerprint density at radius 1 is 1.08 bits per heavy atom. The predicted molar refractivity (Wildman–Crippen MR) is 98.2 cm³/mol. The zero-order valence-electron chi connectivity index (χ0n) is 12.4. The summed E-state index contributed by atoms with van der Waals surface area (Å²) < 4.78 is 0. The van der Waals surface area contributed by atoms with Crippen molar-refractivity contribution < 1.29 is 9.59 Å². The number of nitrogens with zero attached hydrogens (tertiary/aromatic N) is 1. The molecule has 122 valence electrons. The number of rotatable bonds is 5. The van der Waals surface area contributed by atoms with Crippen LogP contribution in [-0.2, 0) is 0 Å². The van der Waals surface area contributed by atoms with Gasteiger partial charge in [0.05, 0.1) is 10.4 Å². The number of aromatic nitrogens is 1. The zero-order chi connectivity index (χ0) is 16.5. The van der Waals surface area contributed by atoms with Gasteiger partial charge in [-0.3, -0.25) is 9.59 Å². The lowest BCUT2D eigenvalue weighted by Gasteiger charge is -2.05. The van der Waals surface area contributed by atoms with Crippen molar-refractivity contribution in [3.63, 3.8) is 0 Å². The Morgan fingerprint density at radius 3 is 2.71 bits per heavy atom. The topological polar surface area (TPSA) is 71.1 Å². The summed E-state index contributed by atoms with van der Waals surface area (Å²) in [5, 5.41) is 12.6. The Balaban J connectivity index is 1.48. The van der Waals surface area contributed by atoms with Gasteiger partial charge in [0.1, 0.15) is 15.7 Å². The van der Waals surface area contributed by atoms with Gasteiger partial charge in [-0.2, -0.15) is 0 Å². The van der Waals surface area contributed by atoms with E-state index in [9.17, 15) is 9.59 Å². The molecule has 0 radical (unpaired) electrons. The van der Waals surface area contributed by atoms with E-state index >= 15 is 0 Å². The molecule has 3 aromatic heterocycles. The molecular formula is C16H13N3O2S3. The third-order valence-electron chi connectivity index (χ3n) is 3.52. The number of hydrogen-bond acceptors (Lipinski definition) is 6. The molecule has 0 saturated heterocycles. The SMILES string of the molecule is O=C(Nc1sccc1C(=O)NC1CC1)c1csc(-c2cccs2)n1. The van der Waals surface area contributed by atoms with Crippen LogP contribution in [0.3, 0.4) is 0 Å². The monoisotopic (exact) mass is 375 g/mol. The number of thiazole rings is 1. The second-order valence-corrected chi connectivity index (χ2v) is 8.10. The molecule has 0 atom stereocenters. The Morgan fingerprint density at radius 2 is 1.96 bits per heavy atom. The Labute approximate surface area is 150 Å². The molecule has 1 saturated carbocycles. The van der Waals surface area contributed by atoms with E-state index in [0.717, 1.165) is 22.7 Å². The normalized spacial score (nSPS) is 13.7. The quantitative estimate of drug-likeness (QED) is 0.706. The second kappa shape index (κ2) is 6.46. The molecular weight excluding hydrogens is 362 g/mol. The van der Waals surface area contributed by atoms with Crippen molar-refractivity contribution in [2.75, 3.05) is 5.32 Å². The largest absolute Gasteiger partial charge is 0.349 e. The number of nitrogens with one attached hydrogen (secondary N) is 2. The van der Waals surface area contributed by atoms with Gasteiger partial charge in [0.2, 0.25) is 0 Å². The molecule has 0 bridgehead atoms. The van der Waals surface area contributed by atoms with E-state index in [1.54, 1.807) is 28.2 Å². The molecule has 4 rings (SSSR count). The van der Waals surface area contributed by atoms with Gasteiger partial charge in [-0.15, -0.1) is 34.0 Å². The van der Waals surface area contributed by atoms with Crippen molar-refractivity contribution in [3.05, 3.63) is 45.6 Å². The highest BCUT2D eigenvalue weighted by atomic mass is 32.1. The molecule has 1 fully saturated rings. The summed E-state index contributed by atoms with van der Waals surface area (Å²) in [5.41, 5.74) is 0.874. The highest BCUT2D eigenvalue weighted by Crippen LogP contribution is 2.29. The average molecular weight is 376 g/mol. The number of thiophene rings is 2. The van der Waals surface area contributed by atoms with E-state index in [0.29, 0.717) is 16.3 Å². The first-order chi connectivity index (χ1) is 11.7. The van der Waals surface area contributed by atoms with Crippen molar-refractivity contribution in [2.45, 2.75) is 18.9 Å². The fraction of sp³-hybridized carbons (Fsp3) is 0.188. The maximum absolute atomic E-state index is 12.4. The Hall–Kier alpha value is -2.03. The van der Waals surface area contributed by atoms with E-state index in [2.05, 4.69) is 15.6 Å². The summed E-state index contributed by atoms with van der Waals surface area (Å²) in [7, 11) is 0. The van der Waals surface area contributed by atoms with Crippen molar-refractivity contribution in [1.29, 1.82) is 0 Å². The predicted octanol–water partition coefficient (Wildman–Crippen LogP) is 4.08. The molecule has 24 heavy (non-hydrogen) atoms. The minimum absolute atomic E-state index is 0.133. The van der Waals surface area contributed by atoms with E-state index in [-0.39, 0.29) is 17.9 Å². The molecule has 0 unspecified atom stereocenters. The van der Waals surface area contributed by atoms with Crippen LogP contribution in [-0.4, -0.2) is 22.8 Å². The van der Waals surface area contributed by atoms with Crippen LogP contribution < -0.4 is 10.6 Å². The summed E-state index contributed by atoms with van der Waals surface area (Å²) in [5.74, 6) is -0.427. The van der Waals surface area contributed by atoms with Crippen molar-refractivity contribution in [3.8, 4) is 9.88 Å². The van der Waals surface area contributed by atoms with Gasteiger partial charge in [-0.1, -0.05) is 6.07 Å². The standard InChI is InChI=1S/C16H13N3O2S3/c20-13(17-9-3-4-9)10-5-7-23-15(10)19-14(21)11-8-24-16(18-11)12-2-1-6-22-12/h1-2,5-9H,3-4H2,(H,17,20)(H,19,21). The fourth-order valence-corrected chi connectivity index (χ4v) is 4.53. The lowest BCUT2D eigenvalue weighted by molar-refractivity contribution is 0.0952. The van der Waals surface area contributed by atoms with E-state index in [1.165, 1.54) is 22.7 Å².